The molecule has 1 aromatic carbocycles. The Morgan fingerprint density at radius 2 is 2.11 bits per heavy atom. The van der Waals surface area contributed by atoms with Crippen molar-refractivity contribution in [1.82, 2.24) is 10.1 Å². The van der Waals surface area contributed by atoms with Crippen molar-refractivity contribution < 1.29 is 8.91 Å². The van der Waals surface area contributed by atoms with E-state index in [1.54, 1.807) is 17.8 Å². The summed E-state index contributed by atoms with van der Waals surface area (Å²) < 4.78 is 18.3. The van der Waals surface area contributed by atoms with E-state index in [4.69, 9.17) is 10.3 Å². The first-order valence-electron chi connectivity index (χ1n) is 5.87. The van der Waals surface area contributed by atoms with E-state index >= 15 is 0 Å². The van der Waals surface area contributed by atoms with Gasteiger partial charge in [0.15, 0.2) is 5.82 Å². The molecular weight excluding hydrogens is 265 g/mol. The first kappa shape index (κ1) is 13.9. The van der Waals surface area contributed by atoms with Crippen LogP contribution in [-0.4, -0.2) is 14.9 Å². The second-order valence-corrected chi connectivity index (χ2v) is 6.95. The minimum Gasteiger partial charge on any atom is -0.398 e. The fourth-order valence-electron chi connectivity index (χ4n) is 1.43. The maximum absolute atomic E-state index is 13.0. The molecule has 2 aromatic rings. The number of anilines is 1. The zero-order valence-corrected chi connectivity index (χ0v) is 11.9. The molecule has 0 spiro atoms. The van der Waals surface area contributed by atoms with Crippen molar-refractivity contribution in [3.8, 4) is 11.5 Å². The Hall–Kier alpha value is -1.56. The molecule has 2 N–H and O–H groups in total. The molecule has 0 unspecified atom stereocenters. The molecule has 0 fully saturated rings. The van der Waals surface area contributed by atoms with Gasteiger partial charge in [0, 0.05) is 10.4 Å². The van der Waals surface area contributed by atoms with Crippen LogP contribution < -0.4 is 5.73 Å². The van der Waals surface area contributed by atoms with Crippen LogP contribution in [0.15, 0.2) is 22.7 Å². The fourth-order valence-corrected chi connectivity index (χ4v) is 2.11. The number of hydrogen-bond donors (Lipinski definition) is 1. The van der Waals surface area contributed by atoms with Crippen molar-refractivity contribution in [1.29, 1.82) is 0 Å². The number of halogens is 1. The summed E-state index contributed by atoms with van der Waals surface area (Å²) in [5.41, 5.74) is 6.58. The molecule has 0 amide bonds. The van der Waals surface area contributed by atoms with Crippen LogP contribution in [0.4, 0.5) is 10.1 Å². The molecule has 1 heterocycles. The molecule has 0 saturated carbocycles. The molecule has 0 atom stereocenters. The number of thioether (sulfide) groups is 1. The topological polar surface area (TPSA) is 64.9 Å². The molecule has 1 aromatic heterocycles. The molecule has 0 saturated heterocycles. The van der Waals surface area contributed by atoms with E-state index in [2.05, 4.69) is 30.9 Å². The van der Waals surface area contributed by atoms with Crippen molar-refractivity contribution in [3.63, 3.8) is 0 Å². The first-order valence-corrected chi connectivity index (χ1v) is 6.86. The Balaban J connectivity index is 2.16. The third kappa shape index (κ3) is 3.70. The molecule has 4 nitrogen and oxygen atoms in total. The predicted molar refractivity (Wildman–Crippen MR) is 75.2 cm³/mol. The summed E-state index contributed by atoms with van der Waals surface area (Å²) in [4.78, 5) is 4.27. The lowest BCUT2D eigenvalue weighted by Gasteiger charge is -2.15. The number of nitrogens with two attached hydrogens (primary N) is 1. The summed E-state index contributed by atoms with van der Waals surface area (Å²) in [6.45, 7) is 6.36. The Bertz CT molecular complexity index is 578. The third-order valence-corrected chi connectivity index (χ3v) is 3.61. The van der Waals surface area contributed by atoms with E-state index in [1.807, 2.05) is 0 Å². The summed E-state index contributed by atoms with van der Waals surface area (Å²) in [5, 5.41) is 3.90. The van der Waals surface area contributed by atoms with E-state index in [0.717, 1.165) is 0 Å². The van der Waals surface area contributed by atoms with Crippen LogP contribution in [0.2, 0.25) is 0 Å². The van der Waals surface area contributed by atoms with E-state index in [9.17, 15) is 4.39 Å². The van der Waals surface area contributed by atoms with Gasteiger partial charge < -0.3 is 10.3 Å². The summed E-state index contributed by atoms with van der Waals surface area (Å²) in [6.07, 6.45) is 0. The second-order valence-electron chi connectivity index (χ2n) is 5.15. The number of rotatable bonds is 3. The maximum atomic E-state index is 13.0. The van der Waals surface area contributed by atoms with Crippen molar-refractivity contribution in [3.05, 3.63) is 29.8 Å². The number of hydrogen-bond acceptors (Lipinski definition) is 5. The van der Waals surface area contributed by atoms with Gasteiger partial charge in [-0.15, -0.1) is 11.8 Å². The Morgan fingerprint density at radius 3 is 2.74 bits per heavy atom. The first-order chi connectivity index (χ1) is 8.85. The molecule has 6 heteroatoms. The summed E-state index contributed by atoms with van der Waals surface area (Å²) >= 11 is 1.73. The number of benzene rings is 1. The van der Waals surface area contributed by atoms with Crippen molar-refractivity contribution >= 4 is 17.4 Å². The molecule has 19 heavy (non-hydrogen) atoms. The number of nitrogens with zero attached hydrogens (tertiary/aromatic N) is 2. The van der Waals surface area contributed by atoms with Gasteiger partial charge in [0.05, 0.1) is 11.3 Å². The van der Waals surface area contributed by atoms with Gasteiger partial charge in [-0.05, 0) is 18.2 Å². The van der Waals surface area contributed by atoms with E-state index < -0.39 is 0 Å². The largest absolute Gasteiger partial charge is 0.398 e. The van der Waals surface area contributed by atoms with Crippen molar-refractivity contribution in [2.75, 3.05) is 5.73 Å². The van der Waals surface area contributed by atoms with Gasteiger partial charge in [0.2, 0.25) is 0 Å². The summed E-state index contributed by atoms with van der Waals surface area (Å²) in [7, 11) is 0. The van der Waals surface area contributed by atoms with Gasteiger partial charge >= 0.3 is 0 Å². The van der Waals surface area contributed by atoms with E-state index in [1.165, 1.54) is 12.1 Å². The monoisotopic (exact) mass is 281 g/mol. The second kappa shape index (κ2) is 5.21. The molecule has 0 aliphatic rings. The minimum absolute atomic E-state index is 0.135. The number of aromatic nitrogens is 2. The molecule has 2 rings (SSSR count). The van der Waals surface area contributed by atoms with Gasteiger partial charge in [0.25, 0.3) is 5.89 Å². The predicted octanol–water partition coefficient (Wildman–Crippen LogP) is 3.49. The Morgan fingerprint density at radius 1 is 1.37 bits per heavy atom. The van der Waals surface area contributed by atoms with Crippen molar-refractivity contribution in [2.24, 2.45) is 0 Å². The van der Waals surface area contributed by atoms with E-state index in [-0.39, 0.29) is 10.6 Å². The standard InChI is InChI=1S/C13H16FN3OS/c1-13(2,3)19-7-11-16-12(18-17-11)9-5-4-8(14)6-10(9)15/h4-6H,7,15H2,1-3H3. The summed E-state index contributed by atoms with van der Waals surface area (Å²) in [5.74, 6) is 1.21. The minimum atomic E-state index is -0.385. The molecule has 0 bridgehead atoms. The molecule has 102 valence electrons. The maximum Gasteiger partial charge on any atom is 0.260 e. The lowest BCUT2D eigenvalue weighted by molar-refractivity contribution is 0.425. The van der Waals surface area contributed by atoms with Gasteiger partial charge in [-0.3, -0.25) is 0 Å². The highest BCUT2D eigenvalue weighted by Crippen LogP contribution is 2.28. The Kier molecular flexibility index (Phi) is 3.80. The van der Waals surface area contributed by atoms with Crippen LogP contribution in [0, 0.1) is 5.82 Å². The molecular formula is C13H16FN3OS. The van der Waals surface area contributed by atoms with Crippen LogP contribution >= 0.6 is 11.8 Å². The van der Waals surface area contributed by atoms with E-state index in [0.29, 0.717) is 28.7 Å². The average molecular weight is 281 g/mol. The van der Waals surface area contributed by atoms with Gasteiger partial charge in [-0.1, -0.05) is 25.9 Å². The van der Waals surface area contributed by atoms with Gasteiger partial charge in [-0.25, -0.2) is 4.39 Å². The average Bonchev–Trinajstić information content (AvgIpc) is 2.74. The normalized spacial score (nSPS) is 11.8. The fraction of sp³-hybridized carbons (Fsp3) is 0.385. The van der Waals surface area contributed by atoms with Crippen LogP contribution in [0.25, 0.3) is 11.5 Å². The van der Waals surface area contributed by atoms with Crippen LogP contribution in [0.5, 0.6) is 0 Å². The smallest absolute Gasteiger partial charge is 0.260 e. The van der Waals surface area contributed by atoms with Gasteiger partial charge in [0.1, 0.15) is 5.82 Å². The van der Waals surface area contributed by atoms with Crippen LogP contribution in [-0.2, 0) is 5.75 Å². The molecule has 0 aliphatic carbocycles. The SMILES string of the molecule is CC(C)(C)SCc1noc(-c2ccc(F)cc2N)n1. The molecule has 0 radical (unpaired) electrons. The highest BCUT2D eigenvalue weighted by Gasteiger charge is 2.15. The van der Waals surface area contributed by atoms with Gasteiger partial charge in [-0.2, -0.15) is 4.98 Å². The quantitative estimate of drug-likeness (QED) is 0.872. The zero-order valence-electron chi connectivity index (χ0n) is 11.1. The van der Waals surface area contributed by atoms with Crippen LogP contribution in [0.1, 0.15) is 26.6 Å². The Labute approximate surface area is 115 Å². The summed E-state index contributed by atoms with van der Waals surface area (Å²) in [6, 6.07) is 4.10. The lowest BCUT2D eigenvalue weighted by Crippen LogP contribution is -2.07. The zero-order chi connectivity index (χ0) is 14.0. The number of nitrogen functional groups attached to an aromatic ring is 1. The van der Waals surface area contributed by atoms with Crippen molar-refractivity contribution in [2.45, 2.75) is 31.3 Å². The lowest BCUT2D eigenvalue weighted by atomic mass is 10.2. The third-order valence-electron chi connectivity index (χ3n) is 2.35. The van der Waals surface area contributed by atoms with Crippen LogP contribution in [0.3, 0.4) is 0 Å². The highest BCUT2D eigenvalue weighted by atomic mass is 32.2. The molecule has 0 aliphatic heterocycles. The highest BCUT2D eigenvalue weighted by molar-refractivity contribution is 7.99.